The molecule has 0 saturated carbocycles. The predicted octanol–water partition coefficient (Wildman–Crippen LogP) is 0.191. The lowest BCUT2D eigenvalue weighted by Gasteiger charge is -2.18. The van der Waals surface area contributed by atoms with Gasteiger partial charge in [-0.2, -0.15) is 0 Å². The highest BCUT2D eigenvalue weighted by atomic mass is 16.1. The van der Waals surface area contributed by atoms with Gasteiger partial charge in [-0.05, 0) is 13.0 Å². The van der Waals surface area contributed by atoms with Crippen molar-refractivity contribution < 1.29 is 4.79 Å². The molecule has 0 spiro atoms. The molecule has 0 aromatic rings. The van der Waals surface area contributed by atoms with Crippen molar-refractivity contribution in [3.8, 4) is 0 Å². The lowest BCUT2D eigenvalue weighted by Crippen LogP contribution is -2.32. The largest absolute Gasteiger partial charge is 0.401 e. The van der Waals surface area contributed by atoms with E-state index in [9.17, 15) is 4.79 Å². The van der Waals surface area contributed by atoms with Gasteiger partial charge in [0.25, 0.3) is 0 Å². The summed E-state index contributed by atoms with van der Waals surface area (Å²) in [4.78, 5) is 11.2. The second-order valence-corrected chi connectivity index (χ2v) is 3.08. The quantitative estimate of drug-likeness (QED) is 0.544. The molecule has 1 aliphatic heterocycles. The van der Waals surface area contributed by atoms with E-state index in [-0.39, 0.29) is 11.5 Å². The number of rotatable bonds is 3. The topological polar surface area (TPSA) is 79.0 Å². The fourth-order valence-corrected chi connectivity index (χ4v) is 1.33. The van der Waals surface area contributed by atoms with Gasteiger partial charge < -0.3 is 11.1 Å². The third-order valence-electron chi connectivity index (χ3n) is 2.16. The van der Waals surface area contributed by atoms with E-state index in [1.165, 1.54) is 0 Å². The number of nitrogens with two attached hydrogens (primary N) is 1. The van der Waals surface area contributed by atoms with Crippen LogP contribution in [0.4, 0.5) is 0 Å². The van der Waals surface area contributed by atoms with Crippen LogP contribution in [0.2, 0.25) is 0 Å². The zero-order valence-corrected chi connectivity index (χ0v) is 7.81. The first-order chi connectivity index (χ1) is 6.16. The van der Waals surface area contributed by atoms with Gasteiger partial charge in [0.15, 0.2) is 5.78 Å². The lowest BCUT2D eigenvalue weighted by atomic mass is 9.98. The van der Waals surface area contributed by atoms with Crippen molar-refractivity contribution in [2.45, 2.75) is 19.8 Å². The average molecular weight is 181 g/mol. The van der Waals surface area contributed by atoms with E-state index in [0.29, 0.717) is 25.1 Å². The van der Waals surface area contributed by atoms with Crippen molar-refractivity contribution in [2.24, 2.45) is 5.73 Å². The minimum atomic E-state index is -0.125. The van der Waals surface area contributed by atoms with Gasteiger partial charge in [0, 0.05) is 24.2 Å². The molecular formula is C9H15N3O. The minimum Gasteiger partial charge on any atom is -0.401 e. The molecule has 0 amide bonds. The number of ketones is 1. The standard InChI is InChI=1S/C9H15N3O/c1-2-8(13)9(11)6-3-4-12-5-7(6)10/h11-12H,2-5,10H2,1H3. The molecule has 4 nitrogen and oxygen atoms in total. The molecular weight excluding hydrogens is 166 g/mol. The van der Waals surface area contributed by atoms with Gasteiger partial charge in [-0.1, -0.05) is 6.92 Å². The molecule has 1 aliphatic rings. The van der Waals surface area contributed by atoms with Crippen LogP contribution < -0.4 is 11.1 Å². The highest BCUT2D eigenvalue weighted by molar-refractivity contribution is 6.44. The third-order valence-corrected chi connectivity index (χ3v) is 2.16. The Kier molecular flexibility index (Phi) is 3.19. The first-order valence-electron chi connectivity index (χ1n) is 4.47. The van der Waals surface area contributed by atoms with E-state index >= 15 is 0 Å². The van der Waals surface area contributed by atoms with Crippen LogP contribution in [0.25, 0.3) is 0 Å². The van der Waals surface area contributed by atoms with E-state index < -0.39 is 0 Å². The van der Waals surface area contributed by atoms with E-state index in [2.05, 4.69) is 5.32 Å². The number of nitrogens with one attached hydrogen (secondary N) is 2. The van der Waals surface area contributed by atoms with Crippen molar-refractivity contribution >= 4 is 11.5 Å². The molecule has 4 heteroatoms. The molecule has 13 heavy (non-hydrogen) atoms. The second-order valence-electron chi connectivity index (χ2n) is 3.08. The van der Waals surface area contributed by atoms with Crippen LogP contribution in [-0.2, 0) is 4.79 Å². The molecule has 0 saturated heterocycles. The maximum absolute atomic E-state index is 11.2. The van der Waals surface area contributed by atoms with Crippen molar-refractivity contribution in [2.75, 3.05) is 13.1 Å². The van der Waals surface area contributed by atoms with E-state index in [0.717, 1.165) is 12.1 Å². The summed E-state index contributed by atoms with van der Waals surface area (Å²) in [5.74, 6) is -0.125. The summed E-state index contributed by atoms with van der Waals surface area (Å²) in [5, 5.41) is 10.7. The number of Topliss-reactive ketones (excluding diaryl/α,β-unsaturated/α-hetero) is 1. The van der Waals surface area contributed by atoms with Crippen LogP contribution in [0, 0.1) is 5.41 Å². The molecule has 4 N–H and O–H groups in total. The van der Waals surface area contributed by atoms with Crippen LogP contribution in [0.5, 0.6) is 0 Å². The van der Waals surface area contributed by atoms with Crippen molar-refractivity contribution in [3.05, 3.63) is 11.3 Å². The summed E-state index contributed by atoms with van der Waals surface area (Å²) in [7, 11) is 0. The molecule has 0 bridgehead atoms. The number of carbonyl (C=O) groups excluding carboxylic acids is 1. The van der Waals surface area contributed by atoms with Gasteiger partial charge in [0.2, 0.25) is 0 Å². The van der Waals surface area contributed by atoms with Gasteiger partial charge in [-0.3, -0.25) is 10.2 Å². The summed E-state index contributed by atoms with van der Waals surface area (Å²) in [5.41, 5.74) is 7.16. The van der Waals surface area contributed by atoms with Crippen molar-refractivity contribution in [1.29, 1.82) is 5.41 Å². The molecule has 0 atom stereocenters. The Morgan fingerprint density at radius 3 is 2.92 bits per heavy atom. The number of carbonyl (C=O) groups is 1. The SMILES string of the molecule is CCC(=O)C(=N)C1=C(N)CNCC1. The average Bonchev–Trinajstić information content (AvgIpc) is 2.16. The monoisotopic (exact) mass is 181 g/mol. The molecule has 1 rings (SSSR count). The fourth-order valence-electron chi connectivity index (χ4n) is 1.33. The summed E-state index contributed by atoms with van der Waals surface area (Å²) in [6.07, 6.45) is 1.07. The minimum absolute atomic E-state index is 0.0986. The van der Waals surface area contributed by atoms with Gasteiger partial charge in [0.1, 0.15) is 5.71 Å². The number of hydrogen-bond donors (Lipinski definition) is 3. The molecule has 0 aliphatic carbocycles. The Morgan fingerprint density at radius 2 is 2.38 bits per heavy atom. The van der Waals surface area contributed by atoms with Gasteiger partial charge in [-0.15, -0.1) is 0 Å². The van der Waals surface area contributed by atoms with E-state index in [4.69, 9.17) is 11.1 Å². The normalized spacial score (nSPS) is 17.3. The van der Waals surface area contributed by atoms with Crippen LogP contribution in [0.15, 0.2) is 11.3 Å². The molecule has 0 aromatic carbocycles. The molecule has 1 heterocycles. The summed E-state index contributed by atoms with van der Waals surface area (Å²) >= 11 is 0. The molecule has 0 aromatic heterocycles. The first-order valence-corrected chi connectivity index (χ1v) is 4.47. The maximum Gasteiger partial charge on any atom is 0.180 e. The highest BCUT2D eigenvalue weighted by Gasteiger charge is 2.18. The van der Waals surface area contributed by atoms with Crippen LogP contribution in [0.1, 0.15) is 19.8 Å². The lowest BCUT2D eigenvalue weighted by molar-refractivity contribution is -0.112. The van der Waals surface area contributed by atoms with E-state index in [1.54, 1.807) is 6.92 Å². The van der Waals surface area contributed by atoms with Crippen LogP contribution >= 0.6 is 0 Å². The summed E-state index contributed by atoms with van der Waals surface area (Å²) < 4.78 is 0. The fraction of sp³-hybridized carbons (Fsp3) is 0.556. The zero-order valence-electron chi connectivity index (χ0n) is 7.81. The summed E-state index contributed by atoms with van der Waals surface area (Å²) in [6.45, 7) is 3.15. The molecule has 0 radical (unpaired) electrons. The smallest absolute Gasteiger partial charge is 0.180 e. The maximum atomic E-state index is 11.2. The van der Waals surface area contributed by atoms with Gasteiger partial charge >= 0.3 is 0 Å². The molecule has 0 fully saturated rings. The Labute approximate surface area is 77.7 Å². The van der Waals surface area contributed by atoms with Crippen LogP contribution in [-0.4, -0.2) is 24.6 Å². The third kappa shape index (κ3) is 2.15. The van der Waals surface area contributed by atoms with Crippen molar-refractivity contribution in [1.82, 2.24) is 5.32 Å². The molecule has 0 unspecified atom stereocenters. The molecule has 72 valence electrons. The highest BCUT2D eigenvalue weighted by Crippen LogP contribution is 2.11. The Hall–Kier alpha value is -1.16. The predicted molar refractivity (Wildman–Crippen MR) is 51.7 cm³/mol. The van der Waals surface area contributed by atoms with Gasteiger partial charge in [-0.25, -0.2) is 0 Å². The summed E-state index contributed by atoms with van der Waals surface area (Å²) in [6, 6.07) is 0. The van der Waals surface area contributed by atoms with Crippen LogP contribution in [0.3, 0.4) is 0 Å². The number of hydrogen-bond acceptors (Lipinski definition) is 4. The Bertz CT molecular complexity index is 268. The van der Waals surface area contributed by atoms with Crippen molar-refractivity contribution in [3.63, 3.8) is 0 Å². The zero-order chi connectivity index (χ0) is 9.84. The Morgan fingerprint density at radius 1 is 1.69 bits per heavy atom. The first kappa shape index (κ1) is 9.92. The van der Waals surface area contributed by atoms with Gasteiger partial charge in [0.05, 0.1) is 0 Å². The second kappa shape index (κ2) is 4.18. The van der Waals surface area contributed by atoms with E-state index in [1.807, 2.05) is 0 Å². The Balaban J connectivity index is 2.80.